The normalized spacial score (nSPS) is 19.4. The van der Waals surface area contributed by atoms with E-state index in [1.807, 2.05) is 42.5 Å². The largest absolute Gasteiger partial charge is 0.481 e. The summed E-state index contributed by atoms with van der Waals surface area (Å²) in [4.78, 5) is 31.3. The van der Waals surface area contributed by atoms with Gasteiger partial charge in [-0.25, -0.2) is 9.78 Å². The number of nitrogens with zero attached hydrogens (tertiary/aromatic N) is 3. The molecule has 2 aromatic heterocycles. The van der Waals surface area contributed by atoms with Crippen LogP contribution in [0, 0.1) is 12.3 Å². The van der Waals surface area contributed by atoms with Crippen LogP contribution in [0.2, 0.25) is 0 Å². The number of carbonyl (C=O) groups excluding carboxylic acids is 1. The minimum absolute atomic E-state index is 0.0435. The van der Waals surface area contributed by atoms with Gasteiger partial charge >= 0.3 is 12.1 Å². The molecule has 9 heteroatoms. The van der Waals surface area contributed by atoms with Crippen molar-refractivity contribution in [3.8, 4) is 11.1 Å². The van der Waals surface area contributed by atoms with E-state index in [4.69, 9.17) is 9.26 Å². The van der Waals surface area contributed by atoms with Crippen LogP contribution in [-0.2, 0) is 9.53 Å². The van der Waals surface area contributed by atoms with Crippen LogP contribution in [0.5, 0.6) is 0 Å². The number of rotatable bonds is 7. The first kappa shape index (κ1) is 23.8. The lowest BCUT2D eigenvalue weighted by molar-refractivity contribution is -0.144. The summed E-state index contributed by atoms with van der Waals surface area (Å²) in [5.74, 6) is 0.238. The molecule has 0 spiro atoms. The topological polar surface area (TPSA) is 118 Å². The summed E-state index contributed by atoms with van der Waals surface area (Å²) in [6.07, 6.45) is 4.97. The van der Waals surface area contributed by atoms with Crippen molar-refractivity contribution in [2.75, 3.05) is 16.8 Å². The van der Waals surface area contributed by atoms with E-state index in [1.165, 1.54) is 0 Å². The van der Waals surface area contributed by atoms with E-state index in [-0.39, 0.29) is 11.9 Å². The molecule has 1 aromatic carbocycles. The van der Waals surface area contributed by atoms with Gasteiger partial charge in [0.1, 0.15) is 11.9 Å². The number of pyridine rings is 1. The van der Waals surface area contributed by atoms with Gasteiger partial charge in [-0.05, 0) is 63.6 Å². The second-order valence-electron chi connectivity index (χ2n) is 9.63. The van der Waals surface area contributed by atoms with E-state index in [0.717, 1.165) is 55.6 Å². The van der Waals surface area contributed by atoms with Crippen LogP contribution in [0.1, 0.15) is 56.4 Å². The molecule has 3 aromatic rings. The minimum atomic E-state index is -0.708. The third kappa shape index (κ3) is 4.53. The van der Waals surface area contributed by atoms with Gasteiger partial charge in [0.05, 0.1) is 16.7 Å². The van der Waals surface area contributed by atoms with Crippen molar-refractivity contribution >= 4 is 23.8 Å². The van der Waals surface area contributed by atoms with Gasteiger partial charge in [-0.3, -0.25) is 10.1 Å². The lowest BCUT2D eigenvalue weighted by atomic mass is 9.87. The standard InChI is InChI=1S/C27H30N4O5/c1-17-23(24(36-30-17)29-26(34)35-18(2)19-8-4-3-5-9-19)20-11-12-22(28-16-20)31-15-7-6-10-21(31)27(13-14-27)25(32)33/h3-5,8-9,11-12,16,18,21H,6-7,10,13-15H2,1-2H3,(H,29,34)(H,32,33). The van der Waals surface area contributed by atoms with Crippen LogP contribution in [0.3, 0.4) is 0 Å². The molecule has 0 bridgehead atoms. The predicted octanol–water partition coefficient (Wildman–Crippen LogP) is 5.58. The van der Waals surface area contributed by atoms with Gasteiger partial charge < -0.3 is 19.3 Å². The average molecular weight is 491 g/mol. The molecular weight excluding hydrogens is 460 g/mol. The highest BCUT2D eigenvalue weighted by molar-refractivity contribution is 5.89. The average Bonchev–Trinajstić information content (AvgIpc) is 3.63. The lowest BCUT2D eigenvalue weighted by Gasteiger charge is -2.40. The van der Waals surface area contributed by atoms with Crippen LogP contribution in [0.25, 0.3) is 11.1 Å². The molecule has 1 aliphatic carbocycles. The van der Waals surface area contributed by atoms with E-state index >= 15 is 0 Å². The summed E-state index contributed by atoms with van der Waals surface area (Å²) >= 11 is 0. The maximum atomic E-state index is 12.5. The minimum Gasteiger partial charge on any atom is -0.481 e. The number of carbonyl (C=O) groups is 2. The Labute approximate surface area is 209 Å². The van der Waals surface area contributed by atoms with Crippen LogP contribution >= 0.6 is 0 Å². The van der Waals surface area contributed by atoms with Crippen LogP contribution in [0.4, 0.5) is 16.5 Å². The molecule has 1 saturated heterocycles. The smallest absolute Gasteiger partial charge is 0.414 e. The van der Waals surface area contributed by atoms with Crippen molar-refractivity contribution < 1.29 is 24.0 Å². The molecule has 188 valence electrons. The quantitative estimate of drug-likeness (QED) is 0.441. The maximum Gasteiger partial charge on any atom is 0.414 e. The number of piperidine rings is 1. The van der Waals surface area contributed by atoms with Crippen molar-refractivity contribution in [1.82, 2.24) is 10.1 Å². The molecule has 1 saturated carbocycles. The third-order valence-corrected chi connectivity index (χ3v) is 7.32. The van der Waals surface area contributed by atoms with Crippen molar-refractivity contribution in [1.29, 1.82) is 0 Å². The van der Waals surface area contributed by atoms with Gasteiger partial charge in [0.2, 0.25) is 5.88 Å². The Morgan fingerprint density at radius 2 is 1.97 bits per heavy atom. The van der Waals surface area contributed by atoms with E-state index in [0.29, 0.717) is 11.3 Å². The van der Waals surface area contributed by atoms with E-state index in [2.05, 4.69) is 20.4 Å². The highest BCUT2D eigenvalue weighted by Gasteiger charge is 2.58. The van der Waals surface area contributed by atoms with Crippen LogP contribution in [0.15, 0.2) is 53.2 Å². The summed E-state index contributed by atoms with van der Waals surface area (Å²) in [6, 6.07) is 13.2. The highest BCUT2D eigenvalue weighted by atomic mass is 16.6. The van der Waals surface area contributed by atoms with Crippen LogP contribution in [-0.4, -0.2) is 39.9 Å². The zero-order valence-corrected chi connectivity index (χ0v) is 20.4. The van der Waals surface area contributed by atoms with Crippen molar-refractivity contribution in [3.63, 3.8) is 0 Å². The summed E-state index contributed by atoms with van der Waals surface area (Å²) in [5, 5.41) is 16.5. The number of nitrogens with one attached hydrogen (secondary N) is 1. The van der Waals surface area contributed by atoms with Gasteiger partial charge in [0.15, 0.2) is 0 Å². The molecule has 2 aliphatic rings. The molecule has 3 heterocycles. The number of hydrogen-bond acceptors (Lipinski definition) is 7. The Hall–Kier alpha value is -3.88. The number of amides is 1. The number of aliphatic carboxylic acids is 1. The first-order chi connectivity index (χ1) is 17.4. The number of aromatic nitrogens is 2. The number of carboxylic acids is 1. The highest BCUT2D eigenvalue weighted by Crippen LogP contribution is 2.53. The summed E-state index contributed by atoms with van der Waals surface area (Å²) in [7, 11) is 0. The molecule has 2 atom stereocenters. The van der Waals surface area contributed by atoms with Crippen molar-refractivity contribution in [2.24, 2.45) is 5.41 Å². The van der Waals surface area contributed by atoms with Gasteiger partial charge in [-0.1, -0.05) is 35.5 Å². The number of ether oxygens (including phenoxy) is 1. The second kappa shape index (κ2) is 9.64. The number of aryl methyl sites for hydroxylation is 1. The molecule has 2 fully saturated rings. The van der Waals surface area contributed by atoms with Crippen LogP contribution < -0.4 is 10.2 Å². The summed E-state index contributed by atoms with van der Waals surface area (Å²) < 4.78 is 10.9. The Morgan fingerprint density at radius 1 is 1.19 bits per heavy atom. The fourth-order valence-electron chi connectivity index (χ4n) is 5.18. The van der Waals surface area contributed by atoms with E-state index in [9.17, 15) is 14.7 Å². The number of benzene rings is 1. The Kier molecular flexibility index (Phi) is 6.38. The van der Waals surface area contributed by atoms with Gasteiger partial charge in [0, 0.05) is 24.3 Å². The lowest BCUT2D eigenvalue weighted by Crippen LogP contribution is -2.48. The first-order valence-electron chi connectivity index (χ1n) is 12.3. The van der Waals surface area contributed by atoms with Gasteiger partial charge in [-0.2, -0.15) is 0 Å². The van der Waals surface area contributed by atoms with Crippen molar-refractivity contribution in [2.45, 2.75) is 58.1 Å². The monoisotopic (exact) mass is 490 g/mol. The number of carboxylic acid groups (broad SMARTS) is 1. The number of anilines is 2. The molecule has 5 rings (SSSR count). The van der Waals surface area contributed by atoms with Gasteiger partial charge in [0.25, 0.3) is 0 Å². The first-order valence-corrected chi connectivity index (χ1v) is 12.3. The molecule has 36 heavy (non-hydrogen) atoms. The molecule has 2 N–H and O–H groups in total. The molecular formula is C27H30N4O5. The van der Waals surface area contributed by atoms with E-state index in [1.54, 1.807) is 20.0 Å². The molecule has 1 amide bonds. The Bertz CT molecular complexity index is 1240. The Balaban J connectivity index is 1.32. The zero-order valence-electron chi connectivity index (χ0n) is 20.4. The predicted molar refractivity (Wildman–Crippen MR) is 134 cm³/mol. The third-order valence-electron chi connectivity index (χ3n) is 7.32. The van der Waals surface area contributed by atoms with Gasteiger partial charge in [-0.15, -0.1) is 0 Å². The van der Waals surface area contributed by atoms with Crippen molar-refractivity contribution in [3.05, 3.63) is 59.9 Å². The van der Waals surface area contributed by atoms with E-state index < -0.39 is 23.6 Å². The summed E-state index contributed by atoms with van der Waals surface area (Å²) in [5.41, 5.74) is 2.19. The molecule has 2 unspecified atom stereocenters. The fraction of sp³-hybridized carbons (Fsp3) is 0.407. The SMILES string of the molecule is Cc1noc(NC(=O)OC(C)c2ccccc2)c1-c1ccc(N2CCCCC2C2(C(=O)O)CC2)nc1. The maximum absolute atomic E-state index is 12.5. The second-order valence-corrected chi connectivity index (χ2v) is 9.63. The molecule has 0 radical (unpaired) electrons. The molecule has 1 aliphatic heterocycles. The number of hydrogen-bond donors (Lipinski definition) is 2. The zero-order chi connectivity index (χ0) is 25.3. The Morgan fingerprint density at radius 3 is 2.64 bits per heavy atom. The summed E-state index contributed by atoms with van der Waals surface area (Å²) in [6.45, 7) is 4.38. The fourth-order valence-corrected chi connectivity index (χ4v) is 5.18. The molecule has 9 nitrogen and oxygen atoms in total.